The summed E-state index contributed by atoms with van der Waals surface area (Å²) >= 11 is 0. The lowest BCUT2D eigenvalue weighted by molar-refractivity contribution is 1.27. The largest absolute Gasteiger partial charge is 0.309 e. The number of fused-ring (bicyclic) bond motifs is 16. The van der Waals surface area contributed by atoms with Crippen molar-refractivity contribution in [2.75, 3.05) is 14.7 Å². The Hall–Kier alpha value is -19.0. The number of rotatable bonds is 9. The van der Waals surface area contributed by atoms with Gasteiger partial charge >= 0.3 is 0 Å². The predicted octanol–water partition coefficient (Wildman–Crippen LogP) is 35.6. The fourth-order valence-corrected chi connectivity index (χ4v) is 21.9. The molecule has 654 valence electrons. The third kappa shape index (κ3) is 13.5. The molecule has 0 fully saturated rings. The number of hydrogen-bond acceptors (Lipinski definition) is 9. The summed E-state index contributed by atoms with van der Waals surface area (Å²) in [5.41, 5.74) is 31.3. The van der Waals surface area contributed by atoms with E-state index < -0.39 is 18.1 Å². The van der Waals surface area contributed by atoms with E-state index in [-0.39, 0.29) is 23.3 Å². The predicted molar refractivity (Wildman–Crippen MR) is 590 cm³/mol. The molecule has 0 amide bonds. The number of para-hydroxylation sites is 6. The summed E-state index contributed by atoms with van der Waals surface area (Å²) in [5.74, 6) is 0. The maximum atomic E-state index is 8.70. The van der Waals surface area contributed by atoms with Crippen LogP contribution in [0, 0.1) is 0 Å². The SMILES string of the molecule is [2H]c1c([2H])c([2H])c(-c2nc3ccccc3nc2-c2ccc(N3c4cc5ccccc5cc4-c4cccc5cccc3c45)cc2)c([2H])c1[2H].c1cc(-c2nc3ccccc3nc2-c2cc3ccccc3c3ccccc23)cc(N2c3cc4ccccc4cc3-c3cccc4cccc2c34)c1.c1ccc(-c2nc3ccccc3nc2-c2ccc(N3c4cc5ccccc5cc4-c4cccc5cccc3c45)c3ccccc23)cc1. The Balaban J connectivity index is 0.000000106. The minimum Gasteiger partial charge on any atom is -0.309 e. The Bertz CT molecular complexity index is 10200. The molecule has 0 aliphatic carbocycles. The van der Waals surface area contributed by atoms with Crippen LogP contribution in [0.15, 0.2) is 491 Å². The lowest BCUT2D eigenvalue weighted by atomic mass is 9.88. The molecule has 0 radical (unpaired) electrons. The Labute approximate surface area is 819 Å². The van der Waals surface area contributed by atoms with E-state index in [1.807, 2.05) is 91.0 Å². The van der Waals surface area contributed by atoms with E-state index in [2.05, 4.69) is 385 Å². The van der Waals surface area contributed by atoms with Gasteiger partial charge in [-0.3, -0.25) is 0 Å². The van der Waals surface area contributed by atoms with Crippen LogP contribution in [0.3, 0.4) is 0 Å². The lowest BCUT2D eigenvalue weighted by Crippen LogP contribution is -2.15. The van der Waals surface area contributed by atoms with Crippen molar-refractivity contribution in [1.82, 2.24) is 29.9 Å². The summed E-state index contributed by atoms with van der Waals surface area (Å²) in [5, 5.41) is 21.7. The van der Waals surface area contributed by atoms with Gasteiger partial charge in [-0.15, -0.1) is 0 Å². The molecule has 0 N–H and O–H groups in total. The molecule has 30 rings (SSSR count). The summed E-state index contributed by atoms with van der Waals surface area (Å²) in [6.07, 6.45) is 0. The normalized spacial score (nSPS) is 12.7. The average molecular weight is 1800 g/mol. The van der Waals surface area contributed by atoms with Crippen LogP contribution in [0.25, 0.3) is 231 Å². The van der Waals surface area contributed by atoms with Gasteiger partial charge in [-0.05, 0) is 226 Å². The summed E-state index contributed by atoms with van der Waals surface area (Å²) in [6.45, 7) is 0. The Morgan fingerprint density at radius 2 is 0.482 bits per heavy atom. The molecule has 3 aromatic heterocycles. The van der Waals surface area contributed by atoms with Gasteiger partial charge in [0.25, 0.3) is 0 Å². The Kier molecular flexibility index (Phi) is 17.6. The second kappa shape index (κ2) is 33.0. The number of aromatic nitrogens is 6. The van der Waals surface area contributed by atoms with Gasteiger partial charge in [0.15, 0.2) is 0 Å². The molecule has 0 saturated carbocycles. The van der Waals surface area contributed by atoms with Crippen molar-refractivity contribution >= 4 is 181 Å². The average Bonchev–Trinajstić information content (AvgIpc) is 0.695. The van der Waals surface area contributed by atoms with Crippen LogP contribution in [0.1, 0.15) is 6.85 Å². The van der Waals surface area contributed by atoms with Gasteiger partial charge in [0.1, 0.15) is 0 Å². The highest BCUT2D eigenvalue weighted by molar-refractivity contribution is 6.22. The molecule has 0 spiro atoms. The molecular formula is C132H81N9. The van der Waals surface area contributed by atoms with Crippen molar-refractivity contribution < 1.29 is 6.85 Å². The number of nitrogens with zero attached hydrogens (tertiary/aromatic N) is 9. The Morgan fingerprint density at radius 3 is 0.972 bits per heavy atom. The van der Waals surface area contributed by atoms with Crippen molar-refractivity contribution in [2.24, 2.45) is 0 Å². The van der Waals surface area contributed by atoms with Crippen molar-refractivity contribution in [3.05, 3.63) is 491 Å². The van der Waals surface area contributed by atoms with E-state index in [1.165, 1.54) is 131 Å². The molecule has 27 aromatic rings. The van der Waals surface area contributed by atoms with E-state index >= 15 is 0 Å². The van der Waals surface area contributed by atoms with Crippen molar-refractivity contribution in [2.45, 2.75) is 0 Å². The smallest absolute Gasteiger partial charge is 0.0979 e. The van der Waals surface area contributed by atoms with Gasteiger partial charge in [0.2, 0.25) is 0 Å². The zero-order valence-electron chi connectivity index (χ0n) is 80.9. The van der Waals surface area contributed by atoms with Crippen LogP contribution in [-0.4, -0.2) is 29.9 Å². The van der Waals surface area contributed by atoms with Gasteiger partial charge in [0, 0.05) is 83.0 Å². The summed E-state index contributed by atoms with van der Waals surface area (Å²) in [4.78, 5) is 38.2. The van der Waals surface area contributed by atoms with Crippen LogP contribution in [0.2, 0.25) is 0 Å². The number of hydrogen-bond donors (Lipinski definition) is 0. The molecule has 3 aliphatic rings. The van der Waals surface area contributed by atoms with E-state index in [9.17, 15) is 0 Å². The minimum absolute atomic E-state index is 0.0263. The molecule has 24 aromatic carbocycles. The molecule has 0 atom stereocenters. The second-order valence-corrected chi connectivity index (χ2v) is 36.3. The molecule has 0 saturated heterocycles. The first-order valence-electron chi connectivity index (χ1n) is 50.1. The Morgan fingerprint density at radius 1 is 0.156 bits per heavy atom. The topological polar surface area (TPSA) is 87.1 Å². The van der Waals surface area contributed by atoms with Gasteiger partial charge in [-0.25, -0.2) is 29.9 Å². The van der Waals surface area contributed by atoms with Crippen LogP contribution < -0.4 is 14.7 Å². The zero-order chi connectivity index (χ0) is 97.0. The molecule has 9 heteroatoms. The van der Waals surface area contributed by atoms with E-state index in [4.69, 9.17) is 36.8 Å². The fourth-order valence-electron chi connectivity index (χ4n) is 21.9. The first kappa shape index (κ1) is 75.4. The first-order valence-corrected chi connectivity index (χ1v) is 47.6. The van der Waals surface area contributed by atoms with Crippen molar-refractivity contribution in [3.8, 4) is 101 Å². The highest BCUT2D eigenvalue weighted by atomic mass is 15.2. The van der Waals surface area contributed by atoms with Gasteiger partial charge in [-0.2, -0.15) is 0 Å². The van der Waals surface area contributed by atoms with Crippen molar-refractivity contribution in [1.29, 1.82) is 0 Å². The quantitative estimate of drug-likeness (QED) is 0.131. The molecule has 9 nitrogen and oxygen atoms in total. The second-order valence-electron chi connectivity index (χ2n) is 36.3. The van der Waals surface area contributed by atoms with Gasteiger partial charge < -0.3 is 14.7 Å². The highest BCUT2D eigenvalue weighted by Gasteiger charge is 2.33. The maximum Gasteiger partial charge on any atom is 0.0979 e. The van der Waals surface area contributed by atoms with Crippen LogP contribution >= 0.6 is 0 Å². The number of anilines is 9. The number of benzene rings is 24. The highest BCUT2D eigenvalue weighted by Crippen LogP contribution is 2.58. The molecule has 141 heavy (non-hydrogen) atoms. The standard InChI is InChI=1S/C48H29N3.C44H27N3.C40H25N3/c1-2-13-32-29-45-40(27-31(32)12-1)39-22-10-15-30-16-11-25-44(46(30)39)51(45)35-18-9-17-34(26-35)47-48(50-43-24-8-7-23-42(43)49-47)41-28-33-14-3-4-19-36(33)37-20-5-6-21-38(37)41;1-2-12-29(13-3-1)43-44(46-38-22-9-8-21-37(38)45-43)35-24-25-39(33-19-7-6-18-32(33)35)47-40-23-11-17-28-16-10-20-34(42(28)40)36-26-30-14-4-5-15-31(30)27-41(36)47;1-2-10-27(11-3-1)39-40(42-35-18-7-6-17-34(35)41-39)28-20-22-31(23-21-28)43-36-19-9-15-26-14-8-16-32(38(26)36)33-24-29-12-4-5-13-30(29)25-37(33)43/h1-29H;1-27H;1-25H/i;;1D,2D,3D,10D,11D. The van der Waals surface area contributed by atoms with E-state index in [0.717, 1.165) is 117 Å². The molecule has 0 unspecified atom stereocenters. The first-order chi connectivity index (χ1) is 72.0. The molecule has 3 aliphatic heterocycles. The third-order valence-electron chi connectivity index (χ3n) is 28.2. The van der Waals surface area contributed by atoms with Crippen LogP contribution in [-0.2, 0) is 0 Å². The van der Waals surface area contributed by atoms with Gasteiger partial charge in [-0.1, -0.05) is 358 Å². The van der Waals surface area contributed by atoms with Crippen LogP contribution in [0.4, 0.5) is 51.2 Å². The monoisotopic (exact) mass is 1800 g/mol. The molecular weight excluding hydrogens is 1710 g/mol. The fraction of sp³-hybridized carbons (Fsp3) is 0. The van der Waals surface area contributed by atoms with Gasteiger partial charge in [0.05, 0.1) is 114 Å². The maximum absolute atomic E-state index is 8.70. The van der Waals surface area contributed by atoms with E-state index in [0.29, 0.717) is 22.3 Å². The van der Waals surface area contributed by atoms with Crippen LogP contribution in [0.5, 0.6) is 0 Å². The summed E-state index contributed by atoms with van der Waals surface area (Å²) < 4.78 is 42.1. The lowest BCUT2D eigenvalue weighted by Gasteiger charge is -2.34. The van der Waals surface area contributed by atoms with E-state index in [1.54, 1.807) is 0 Å². The summed E-state index contributed by atoms with van der Waals surface area (Å²) in [6, 6.07) is 161. The third-order valence-corrected chi connectivity index (χ3v) is 28.2. The molecule has 0 bridgehead atoms. The molecule has 6 heterocycles. The minimum atomic E-state index is -0.445. The van der Waals surface area contributed by atoms with Crippen molar-refractivity contribution in [3.63, 3.8) is 0 Å². The summed E-state index contributed by atoms with van der Waals surface area (Å²) in [7, 11) is 0. The zero-order valence-corrected chi connectivity index (χ0v) is 75.9.